The van der Waals surface area contributed by atoms with Crippen molar-refractivity contribution >= 4 is 17.3 Å². The van der Waals surface area contributed by atoms with Crippen LogP contribution in [0.5, 0.6) is 5.75 Å². The number of rotatable bonds is 3. The van der Waals surface area contributed by atoms with Gasteiger partial charge in [-0.15, -0.1) is 0 Å². The lowest BCUT2D eigenvalue weighted by atomic mass is 9.77. The Bertz CT molecular complexity index is 755. The van der Waals surface area contributed by atoms with Gasteiger partial charge in [-0.2, -0.15) is 0 Å². The van der Waals surface area contributed by atoms with E-state index in [1.807, 2.05) is 25.1 Å². The van der Waals surface area contributed by atoms with E-state index in [4.69, 9.17) is 16.3 Å². The molecule has 2 aromatic carbocycles. The number of para-hydroxylation sites is 1. The number of halogens is 1. The number of fused-ring (bicyclic) bond motifs is 3. The first-order valence-corrected chi connectivity index (χ1v) is 8.60. The summed E-state index contributed by atoms with van der Waals surface area (Å²) in [5.74, 6) is 1.91. The molecule has 0 aromatic heterocycles. The SMILES string of the molecule is CCOc1cccc2c1N[C@H](c1cccc(Cl)c1)[C@@H]1CC=C[C@@H]21. The lowest BCUT2D eigenvalue weighted by Gasteiger charge is -2.38. The lowest BCUT2D eigenvalue weighted by Crippen LogP contribution is -2.29. The molecule has 0 bridgehead atoms. The van der Waals surface area contributed by atoms with Crippen LogP contribution in [0.1, 0.15) is 36.4 Å². The third-order valence-corrected chi connectivity index (χ3v) is 5.10. The van der Waals surface area contributed by atoms with Gasteiger partial charge in [0.1, 0.15) is 5.75 Å². The number of nitrogens with one attached hydrogen (secondary N) is 1. The van der Waals surface area contributed by atoms with E-state index in [9.17, 15) is 0 Å². The Morgan fingerprint density at radius 3 is 2.91 bits per heavy atom. The number of hydrogen-bond acceptors (Lipinski definition) is 2. The Morgan fingerprint density at radius 1 is 1.22 bits per heavy atom. The van der Waals surface area contributed by atoms with Crippen LogP contribution in [0, 0.1) is 5.92 Å². The van der Waals surface area contributed by atoms with Gasteiger partial charge in [-0.25, -0.2) is 0 Å². The first kappa shape index (κ1) is 14.6. The van der Waals surface area contributed by atoms with Crippen LogP contribution in [0.2, 0.25) is 5.02 Å². The van der Waals surface area contributed by atoms with Crippen molar-refractivity contribution < 1.29 is 4.74 Å². The minimum absolute atomic E-state index is 0.253. The molecule has 1 aliphatic carbocycles. The molecule has 0 saturated carbocycles. The largest absolute Gasteiger partial charge is 0.492 e. The maximum atomic E-state index is 6.22. The molecule has 0 saturated heterocycles. The quantitative estimate of drug-likeness (QED) is 0.745. The van der Waals surface area contributed by atoms with Crippen LogP contribution in [0.25, 0.3) is 0 Å². The van der Waals surface area contributed by atoms with Crippen LogP contribution in [0.3, 0.4) is 0 Å². The molecule has 0 radical (unpaired) electrons. The van der Waals surface area contributed by atoms with Crippen LogP contribution in [0.4, 0.5) is 5.69 Å². The summed E-state index contributed by atoms with van der Waals surface area (Å²) in [6.45, 7) is 2.69. The van der Waals surface area contributed by atoms with Crippen LogP contribution in [0.15, 0.2) is 54.6 Å². The van der Waals surface area contributed by atoms with Gasteiger partial charge in [-0.3, -0.25) is 0 Å². The van der Waals surface area contributed by atoms with Crippen LogP contribution in [-0.2, 0) is 0 Å². The average molecular weight is 326 g/mol. The number of hydrogen-bond donors (Lipinski definition) is 1. The Hall–Kier alpha value is -1.93. The first-order valence-electron chi connectivity index (χ1n) is 8.22. The zero-order valence-corrected chi connectivity index (χ0v) is 13.9. The van der Waals surface area contributed by atoms with E-state index in [1.165, 1.54) is 11.1 Å². The molecule has 118 valence electrons. The standard InChI is InChI=1S/C20H20ClNO/c1-2-23-18-11-5-10-17-15-8-4-9-16(15)19(22-20(17)18)13-6-3-7-14(21)12-13/h3-8,10-12,15-16,19,22H,2,9H2,1H3/t15-,16-,19-/m1/s1. The fourth-order valence-electron chi connectivity index (χ4n) is 3.90. The molecule has 1 aliphatic heterocycles. The van der Waals surface area contributed by atoms with Crippen molar-refractivity contribution in [2.45, 2.75) is 25.3 Å². The zero-order chi connectivity index (χ0) is 15.8. The fraction of sp³-hybridized carbons (Fsp3) is 0.300. The van der Waals surface area contributed by atoms with E-state index in [0.29, 0.717) is 18.4 Å². The molecule has 23 heavy (non-hydrogen) atoms. The van der Waals surface area contributed by atoms with Crippen LogP contribution in [-0.4, -0.2) is 6.61 Å². The summed E-state index contributed by atoms with van der Waals surface area (Å²) in [5.41, 5.74) is 3.72. The van der Waals surface area contributed by atoms with Gasteiger partial charge in [0.2, 0.25) is 0 Å². The molecule has 0 spiro atoms. The molecule has 3 heteroatoms. The Balaban J connectivity index is 1.80. The van der Waals surface area contributed by atoms with Gasteiger partial charge >= 0.3 is 0 Å². The summed E-state index contributed by atoms with van der Waals surface area (Å²) in [7, 11) is 0. The lowest BCUT2D eigenvalue weighted by molar-refractivity contribution is 0.337. The molecular formula is C20H20ClNO. The fourth-order valence-corrected chi connectivity index (χ4v) is 4.10. The van der Waals surface area contributed by atoms with Gasteiger partial charge in [-0.05, 0) is 48.6 Å². The van der Waals surface area contributed by atoms with Crippen molar-refractivity contribution in [1.29, 1.82) is 0 Å². The minimum Gasteiger partial charge on any atom is -0.492 e. The number of benzene rings is 2. The van der Waals surface area contributed by atoms with E-state index in [1.54, 1.807) is 0 Å². The van der Waals surface area contributed by atoms with Crippen molar-refractivity contribution in [3.8, 4) is 5.75 Å². The van der Waals surface area contributed by atoms with Crippen LogP contribution >= 0.6 is 11.6 Å². The predicted molar refractivity (Wildman–Crippen MR) is 95.4 cm³/mol. The number of ether oxygens (including phenoxy) is 1. The molecule has 3 atom stereocenters. The summed E-state index contributed by atoms with van der Waals surface area (Å²) in [5, 5.41) is 4.53. The molecular weight excluding hydrogens is 306 g/mol. The first-order chi connectivity index (χ1) is 11.3. The van der Waals surface area contributed by atoms with E-state index < -0.39 is 0 Å². The van der Waals surface area contributed by atoms with Crippen LogP contribution < -0.4 is 10.1 Å². The monoisotopic (exact) mass is 325 g/mol. The summed E-state index contributed by atoms with van der Waals surface area (Å²) in [6.07, 6.45) is 5.74. The van der Waals surface area contributed by atoms with Gasteiger partial charge in [-0.1, -0.05) is 48.0 Å². The topological polar surface area (TPSA) is 21.3 Å². The van der Waals surface area contributed by atoms with Crippen molar-refractivity contribution in [3.63, 3.8) is 0 Å². The van der Waals surface area contributed by atoms with Gasteiger partial charge in [0.25, 0.3) is 0 Å². The highest BCUT2D eigenvalue weighted by Crippen LogP contribution is 2.52. The van der Waals surface area contributed by atoms with Gasteiger partial charge < -0.3 is 10.1 Å². The second-order valence-corrected chi connectivity index (χ2v) is 6.62. The molecule has 0 amide bonds. The molecule has 2 aromatic rings. The summed E-state index contributed by atoms with van der Waals surface area (Å²) >= 11 is 6.22. The maximum Gasteiger partial charge on any atom is 0.142 e. The molecule has 2 nitrogen and oxygen atoms in total. The van der Waals surface area contributed by atoms with E-state index >= 15 is 0 Å². The summed E-state index contributed by atoms with van der Waals surface area (Å²) in [4.78, 5) is 0. The van der Waals surface area contributed by atoms with E-state index in [-0.39, 0.29) is 6.04 Å². The van der Waals surface area contributed by atoms with E-state index in [2.05, 4.69) is 41.7 Å². The zero-order valence-electron chi connectivity index (χ0n) is 13.1. The second kappa shape index (κ2) is 5.93. The number of anilines is 1. The molecule has 2 aliphatic rings. The Morgan fingerprint density at radius 2 is 2.09 bits per heavy atom. The molecule has 4 rings (SSSR count). The van der Waals surface area contributed by atoms with Crippen molar-refractivity contribution in [1.82, 2.24) is 0 Å². The Labute approximate surface area is 142 Å². The molecule has 1 heterocycles. The number of allylic oxidation sites excluding steroid dienone is 2. The predicted octanol–water partition coefficient (Wildman–Crippen LogP) is 5.57. The van der Waals surface area contributed by atoms with Crippen molar-refractivity contribution in [2.24, 2.45) is 5.92 Å². The van der Waals surface area contributed by atoms with E-state index in [0.717, 1.165) is 22.9 Å². The molecule has 0 unspecified atom stereocenters. The Kier molecular flexibility index (Phi) is 3.78. The highest BCUT2D eigenvalue weighted by atomic mass is 35.5. The third-order valence-electron chi connectivity index (χ3n) is 4.87. The summed E-state index contributed by atoms with van der Waals surface area (Å²) < 4.78 is 5.85. The summed E-state index contributed by atoms with van der Waals surface area (Å²) in [6, 6.07) is 14.8. The highest BCUT2D eigenvalue weighted by molar-refractivity contribution is 6.30. The van der Waals surface area contributed by atoms with Gasteiger partial charge in [0, 0.05) is 10.9 Å². The van der Waals surface area contributed by atoms with Gasteiger partial charge in [0.05, 0.1) is 18.3 Å². The van der Waals surface area contributed by atoms with Crippen molar-refractivity contribution in [2.75, 3.05) is 11.9 Å². The average Bonchev–Trinajstić information content (AvgIpc) is 3.04. The smallest absolute Gasteiger partial charge is 0.142 e. The minimum atomic E-state index is 0.253. The highest BCUT2D eigenvalue weighted by Gasteiger charge is 2.38. The van der Waals surface area contributed by atoms with Crippen molar-refractivity contribution in [3.05, 3.63) is 70.8 Å². The molecule has 1 N–H and O–H groups in total. The third kappa shape index (κ3) is 2.51. The normalized spacial score (nSPS) is 24.7. The second-order valence-electron chi connectivity index (χ2n) is 6.18. The maximum absolute atomic E-state index is 6.22. The van der Waals surface area contributed by atoms with Gasteiger partial charge in [0.15, 0.2) is 0 Å². The molecule has 0 fully saturated rings.